The molecule has 0 unspecified atom stereocenters. The second kappa shape index (κ2) is 6.23. The molecule has 3 rings (SSSR count). The van der Waals surface area contributed by atoms with Crippen molar-refractivity contribution in [3.8, 4) is 0 Å². The van der Waals surface area contributed by atoms with E-state index in [1.54, 1.807) is 0 Å². The number of allylic oxidation sites excluding steroid dienone is 1. The Balaban J connectivity index is 1.80. The molecule has 0 fully saturated rings. The van der Waals surface area contributed by atoms with E-state index in [2.05, 4.69) is 27.1 Å². The van der Waals surface area contributed by atoms with Crippen molar-refractivity contribution in [3.05, 3.63) is 57.6 Å². The van der Waals surface area contributed by atoms with Crippen molar-refractivity contribution in [1.29, 1.82) is 0 Å². The van der Waals surface area contributed by atoms with Gasteiger partial charge in [-0.05, 0) is 16.7 Å². The van der Waals surface area contributed by atoms with E-state index in [0.717, 1.165) is 30.5 Å². The van der Waals surface area contributed by atoms with Crippen molar-refractivity contribution in [2.45, 2.75) is 19.1 Å². The van der Waals surface area contributed by atoms with E-state index >= 15 is 0 Å². The molecule has 0 spiro atoms. The van der Waals surface area contributed by atoms with E-state index in [9.17, 15) is 8.42 Å². The lowest BCUT2D eigenvalue weighted by atomic mass is 9.98. The van der Waals surface area contributed by atoms with Gasteiger partial charge in [-0.1, -0.05) is 35.4 Å². The van der Waals surface area contributed by atoms with E-state index in [4.69, 9.17) is 9.71 Å². The average molecular weight is 334 g/mol. The van der Waals surface area contributed by atoms with Crippen LogP contribution in [-0.4, -0.2) is 38.8 Å². The van der Waals surface area contributed by atoms with Crippen LogP contribution >= 0.6 is 0 Å². The lowest BCUT2D eigenvalue weighted by Gasteiger charge is -2.33. The smallest absolute Gasteiger partial charge is 0.264 e. The van der Waals surface area contributed by atoms with Gasteiger partial charge in [0.15, 0.2) is 0 Å². The van der Waals surface area contributed by atoms with Gasteiger partial charge in [-0.15, -0.1) is 0 Å². The van der Waals surface area contributed by atoms with E-state index in [1.807, 2.05) is 18.2 Å². The predicted octanol–water partition coefficient (Wildman–Crippen LogP) is 2.43. The fraction of sp³-hybridized carbons (Fsp3) is 0.467. The molecule has 0 radical (unpaired) electrons. The Morgan fingerprint density at radius 3 is 2.78 bits per heavy atom. The fourth-order valence-corrected chi connectivity index (χ4v) is 3.72. The fourth-order valence-electron chi connectivity index (χ4n) is 3.07. The number of nitrogens with zero attached hydrogens (tertiary/aromatic N) is 4. The zero-order chi connectivity index (χ0) is 16.4. The summed E-state index contributed by atoms with van der Waals surface area (Å²) in [5.74, 6) is -0.161. The second-order valence-corrected chi connectivity index (χ2v) is 7.51. The highest BCUT2D eigenvalue weighted by Gasteiger charge is 2.44. The lowest BCUT2D eigenvalue weighted by molar-refractivity contribution is 0.140. The molecule has 0 saturated heterocycles. The van der Waals surface area contributed by atoms with Gasteiger partial charge in [-0.25, -0.2) is 0 Å². The molecule has 0 amide bonds. The molecule has 1 heterocycles. The Labute approximate surface area is 135 Å². The molecule has 1 aromatic rings. The molecule has 2 aliphatic rings. The molecule has 0 bridgehead atoms. The van der Waals surface area contributed by atoms with E-state index in [1.165, 1.54) is 5.56 Å². The number of hydrogen-bond acceptors (Lipinski definition) is 5. The number of benzene rings is 1. The predicted molar refractivity (Wildman–Crippen MR) is 85.7 cm³/mol. The maximum absolute atomic E-state index is 11.5. The van der Waals surface area contributed by atoms with Crippen molar-refractivity contribution in [2.24, 2.45) is 11.0 Å². The van der Waals surface area contributed by atoms with Crippen LogP contribution < -0.4 is 0 Å². The Bertz CT molecular complexity index is 769. The summed E-state index contributed by atoms with van der Waals surface area (Å²) in [4.78, 5) is 5.02. The van der Waals surface area contributed by atoms with Crippen LogP contribution in [-0.2, 0) is 20.8 Å². The first-order chi connectivity index (χ1) is 11.0. The summed E-state index contributed by atoms with van der Waals surface area (Å²) in [5, 5.41) is 3.63. The zero-order valence-electron chi connectivity index (χ0n) is 12.8. The van der Waals surface area contributed by atoms with Gasteiger partial charge in [0.05, 0.1) is 6.26 Å². The summed E-state index contributed by atoms with van der Waals surface area (Å²) < 4.78 is 28.2. The Hall–Kier alpha value is -2.02. The summed E-state index contributed by atoms with van der Waals surface area (Å²) in [6, 6.07) is 10.1. The zero-order valence-corrected chi connectivity index (χ0v) is 13.6. The lowest BCUT2D eigenvalue weighted by Crippen LogP contribution is -2.39. The minimum atomic E-state index is -3.55. The molecule has 2 atom stereocenters. The molecule has 1 aromatic carbocycles. The number of hydrogen-bond donors (Lipinski definition) is 0. The van der Waals surface area contributed by atoms with Gasteiger partial charge in [0.2, 0.25) is 0 Å². The highest BCUT2D eigenvalue weighted by atomic mass is 32.2. The maximum Gasteiger partial charge on any atom is 0.264 e. The van der Waals surface area contributed by atoms with Crippen LogP contribution in [0.2, 0.25) is 0 Å². The standard InChI is InChI=1S/C15H18N4O3S/c1-23(20,21)22-15-12(8-17-18-16)10-19(14-7-13(14)15)9-11-5-3-2-4-6-11/h2-6,12,15H,7-10H2,1H3/t12-,15+/m0/s1. The van der Waals surface area contributed by atoms with Gasteiger partial charge >= 0.3 is 0 Å². The first-order valence-electron chi connectivity index (χ1n) is 7.38. The van der Waals surface area contributed by atoms with Crippen LogP contribution in [0.1, 0.15) is 12.0 Å². The number of likely N-dealkylation sites (tertiary alicyclic amines) is 1. The molecular formula is C15H18N4O3S. The summed E-state index contributed by atoms with van der Waals surface area (Å²) in [6.45, 7) is 1.60. The average Bonchev–Trinajstić information content (AvgIpc) is 3.29. The molecule has 0 saturated carbocycles. The van der Waals surface area contributed by atoms with Gasteiger partial charge in [-0.3, -0.25) is 4.18 Å². The summed E-state index contributed by atoms with van der Waals surface area (Å²) in [6.07, 6.45) is 1.31. The second-order valence-electron chi connectivity index (χ2n) is 5.91. The van der Waals surface area contributed by atoms with Gasteiger partial charge in [-0.2, -0.15) is 8.42 Å². The van der Waals surface area contributed by atoms with Crippen LogP contribution in [0.25, 0.3) is 10.4 Å². The summed E-state index contributed by atoms with van der Waals surface area (Å²) in [7, 11) is -3.55. The molecule has 0 aromatic heterocycles. The van der Waals surface area contributed by atoms with Crippen LogP contribution in [0.4, 0.5) is 0 Å². The Kier molecular flexibility index (Phi) is 4.30. The summed E-state index contributed by atoms with van der Waals surface area (Å²) >= 11 is 0. The quantitative estimate of drug-likeness (QED) is 0.345. The SMILES string of the molecule is CS(=O)(=O)O[C@H]1C2=C(C2)N(Cc2ccccc2)C[C@@H]1CN=[N+]=[N-]. The molecule has 23 heavy (non-hydrogen) atoms. The molecule has 7 nitrogen and oxygen atoms in total. The van der Waals surface area contributed by atoms with Crippen LogP contribution in [0.3, 0.4) is 0 Å². The van der Waals surface area contributed by atoms with Crippen molar-refractivity contribution >= 4 is 10.1 Å². The Morgan fingerprint density at radius 1 is 1.39 bits per heavy atom. The molecule has 1 aliphatic carbocycles. The van der Waals surface area contributed by atoms with Gasteiger partial charge in [0, 0.05) is 42.6 Å². The van der Waals surface area contributed by atoms with E-state index in [0.29, 0.717) is 6.54 Å². The third kappa shape index (κ3) is 3.85. The van der Waals surface area contributed by atoms with Crippen LogP contribution in [0, 0.1) is 5.92 Å². The van der Waals surface area contributed by atoms with Gasteiger partial charge in [0.25, 0.3) is 10.1 Å². The highest BCUT2D eigenvalue weighted by molar-refractivity contribution is 7.86. The topological polar surface area (TPSA) is 95.4 Å². The minimum absolute atomic E-state index is 0.161. The Morgan fingerprint density at radius 2 is 2.13 bits per heavy atom. The minimum Gasteiger partial charge on any atom is -0.370 e. The molecular weight excluding hydrogens is 316 g/mol. The van der Waals surface area contributed by atoms with Crippen molar-refractivity contribution in [1.82, 2.24) is 4.90 Å². The monoisotopic (exact) mass is 334 g/mol. The van der Waals surface area contributed by atoms with Crippen molar-refractivity contribution in [2.75, 3.05) is 19.3 Å². The molecule has 122 valence electrons. The van der Waals surface area contributed by atoms with Gasteiger partial charge < -0.3 is 4.90 Å². The normalized spacial score (nSPS) is 23.3. The van der Waals surface area contributed by atoms with E-state index in [-0.39, 0.29) is 12.5 Å². The van der Waals surface area contributed by atoms with Gasteiger partial charge in [0.1, 0.15) is 6.10 Å². The molecule has 0 N–H and O–H groups in total. The first kappa shape index (κ1) is 15.9. The number of rotatable bonds is 6. The van der Waals surface area contributed by atoms with Crippen molar-refractivity contribution < 1.29 is 12.6 Å². The van der Waals surface area contributed by atoms with Crippen LogP contribution in [0.15, 0.2) is 46.7 Å². The maximum atomic E-state index is 11.5. The highest BCUT2D eigenvalue weighted by Crippen LogP contribution is 2.46. The third-order valence-electron chi connectivity index (χ3n) is 4.09. The third-order valence-corrected chi connectivity index (χ3v) is 4.64. The first-order valence-corrected chi connectivity index (χ1v) is 9.19. The summed E-state index contributed by atoms with van der Waals surface area (Å²) in [5.41, 5.74) is 11.9. The largest absolute Gasteiger partial charge is 0.370 e. The van der Waals surface area contributed by atoms with Crippen molar-refractivity contribution in [3.63, 3.8) is 0 Å². The van der Waals surface area contributed by atoms with E-state index < -0.39 is 16.2 Å². The molecule has 8 heteroatoms. The molecule has 1 aliphatic heterocycles. The van der Waals surface area contributed by atoms with Crippen LogP contribution in [0.5, 0.6) is 0 Å². The number of azide groups is 1.